The Labute approximate surface area is 128 Å². The van der Waals surface area contributed by atoms with Gasteiger partial charge in [-0.2, -0.15) is 0 Å². The maximum absolute atomic E-state index is 6.05. The molecule has 4 heteroatoms. The summed E-state index contributed by atoms with van der Waals surface area (Å²) in [5.41, 5.74) is 1.31. The number of nitrogens with one attached hydrogen (secondary N) is 1. The predicted octanol–water partition coefficient (Wildman–Crippen LogP) is 3.57. The second-order valence-corrected chi connectivity index (χ2v) is 7.53. The molecule has 1 N–H and O–H groups in total. The molecule has 0 aliphatic heterocycles. The fourth-order valence-electron chi connectivity index (χ4n) is 3.32. The zero-order chi connectivity index (χ0) is 15.5. The third-order valence-corrected chi connectivity index (χ3v) is 4.01. The molecule has 1 aliphatic carbocycles. The van der Waals surface area contributed by atoms with E-state index in [1.165, 1.54) is 6.42 Å². The molecular formula is C17H29N3O. The monoisotopic (exact) mass is 291 g/mol. The van der Waals surface area contributed by atoms with E-state index in [2.05, 4.69) is 49.9 Å². The molecule has 118 valence electrons. The van der Waals surface area contributed by atoms with Crippen molar-refractivity contribution in [3.63, 3.8) is 0 Å². The van der Waals surface area contributed by atoms with Crippen molar-refractivity contribution in [1.29, 1.82) is 0 Å². The topological polar surface area (TPSA) is 47.0 Å². The van der Waals surface area contributed by atoms with Crippen LogP contribution in [0.2, 0.25) is 0 Å². The van der Waals surface area contributed by atoms with Gasteiger partial charge in [0.05, 0.1) is 18.1 Å². The van der Waals surface area contributed by atoms with Gasteiger partial charge in [0.1, 0.15) is 6.10 Å². The number of aromatic nitrogens is 2. The van der Waals surface area contributed by atoms with Crippen molar-refractivity contribution in [1.82, 2.24) is 15.3 Å². The third kappa shape index (κ3) is 5.27. The van der Waals surface area contributed by atoms with Crippen LogP contribution in [-0.2, 0) is 6.54 Å². The lowest BCUT2D eigenvalue weighted by Crippen LogP contribution is -2.34. The van der Waals surface area contributed by atoms with Gasteiger partial charge in [-0.05, 0) is 30.6 Å². The molecule has 4 nitrogen and oxygen atoms in total. The van der Waals surface area contributed by atoms with Gasteiger partial charge in [-0.3, -0.25) is 4.98 Å². The lowest BCUT2D eigenvalue weighted by molar-refractivity contribution is 0.0529. The highest BCUT2D eigenvalue weighted by Gasteiger charge is 2.33. The molecule has 21 heavy (non-hydrogen) atoms. The molecule has 2 rings (SSSR count). The van der Waals surface area contributed by atoms with Gasteiger partial charge < -0.3 is 10.1 Å². The van der Waals surface area contributed by atoms with Gasteiger partial charge in [0.15, 0.2) is 0 Å². The first-order valence-electron chi connectivity index (χ1n) is 8.05. The molecule has 2 atom stereocenters. The van der Waals surface area contributed by atoms with Crippen LogP contribution < -0.4 is 10.1 Å². The lowest BCUT2D eigenvalue weighted by atomic mass is 9.71. The normalized spacial score (nSPS) is 25.0. The Morgan fingerprint density at radius 1 is 1.29 bits per heavy atom. The number of nitrogens with zero attached hydrogens (tertiary/aromatic N) is 2. The Bertz CT molecular complexity index is 442. The summed E-state index contributed by atoms with van der Waals surface area (Å²) >= 11 is 0. The zero-order valence-electron chi connectivity index (χ0n) is 14.0. The summed E-state index contributed by atoms with van der Waals surface area (Å²) in [6, 6.07) is 0.452. The molecule has 0 bridgehead atoms. The molecule has 0 radical (unpaired) electrons. The second kappa shape index (κ2) is 6.73. The molecule has 1 heterocycles. The van der Waals surface area contributed by atoms with Crippen molar-refractivity contribution in [2.24, 2.45) is 11.3 Å². The Morgan fingerprint density at radius 3 is 2.62 bits per heavy atom. The summed E-state index contributed by atoms with van der Waals surface area (Å²) in [5.74, 6) is 1.36. The average Bonchev–Trinajstić information content (AvgIpc) is 2.35. The summed E-state index contributed by atoms with van der Waals surface area (Å²) in [6.45, 7) is 12.0. The van der Waals surface area contributed by atoms with E-state index in [-0.39, 0.29) is 6.10 Å². The lowest BCUT2D eigenvalue weighted by Gasteiger charge is -2.38. The van der Waals surface area contributed by atoms with Gasteiger partial charge in [0.25, 0.3) is 0 Å². The largest absolute Gasteiger partial charge is 0.473 e. The van der Waals surface area contributed by atoms with Gasteiger partial charge in [-0.25, -0.2) is 4.98 Å². The van der Waals surface area contributed by atoms with E-state index in [9.17, 15) is 0 Å². The average molecular weight is 291 g/mol. The number of hydrogen-bond donors (Lipinski definition) is 1. The SMILES string of the molecule is CC1CC(Oc2cnc(CNC(C)C)cn2)CC(C)(C)C1. The van der Waals surface area contributed by atoms with Gasteiger partial charge in [-0.15, -0.1) is 0 Å². The van der Waals surface area contributed by atoms with Crippen LogP contribution in [0.5, 0.6) is 5.88 Å². The van der Waals surface area contributed by atoms with Crippen LogP contribution in [0.1, 0.15) is 59.6 Å². The van der Waals surface area contributed by atoms with Crippen molar-refractivity contribution < 1.29 is 4.74 Å². The Morgan fingerprint density at radius 2 is 2.05 bits per heavy atom. The van der Waals surface area contributed by atoms with Crippen molar-refractivity contribution in [3.05, 3.63) is 18.1 Å². The van der Waals surface area contributed by atoms with E-state index in [0.29, 0.717) is 23.3 Å². The number of hydrogen-bond acceptors (Lipinski definition) is 4. The third-order valence-electron chi connectivity index (χ3n) is 4.01. The molecular weight excluding hydrogens is 262 g/mol. The molecule has 0 saturated heterocycles. The van der Waals surface area contributed by atoms with E-state index in [1.807, 2.05) is 6.20 Å². The fourth-order valence-corrected chi connectivity index (χ4v) is 3.32. The first kappa shape index (κ1) is 16.2. The van der Waals surface area contributed by atoms with Gasteiger partial charge in [0.2, 0.25) is 5.88 Å². The van der Waals surface area contributed by atoms with Crippen LogP contribution in [0.4, 0.5) is 0 Å². The molecule has 1 aliphatic rings. The minimum absolute atomic E-state index is 0.262. The summed E-state index contributed by atoms with van der Waals surface area (Å²) in [4.78, 5) is 8.82. The second-order valence-electron chi connectivity index (χ2n) is 7.53. The predicted molar refractivity (Wildman–Crippen MR) is 85.2 cm³/mol. The van der Waals surface area contributed by atoms with Crippen molar-refractivity contribution in [2.45, 2.75) is 72.6 Å². The Hall–Kier alpha value is -1.16. The smallest absolute Gasteiger partial charge is 0.232 e. The van der Waals surface area contributed by atoms with Crippen LogP contribution in [0.15, 0.2) is 12.4 Å². The van der Waals surface area contributed by atoms with E-state index < -0.39 is 0 Å². The zero-order valence-corrected chi connectivity index (χ0v) is 14.0. The van der Waals surface area contributed by atoms with Crippen molar-refractivity contribution in [2.75, 3.05) is 0 Å². The minimum Gasteiger partial charge on any atom is -0.473 e. The summed E-state index contributed by atoms with van der Waals surface area (Å²) in [5, 5.41) is 3.34. The van der Waals surface area contributed by atoms with E-state index >= 15 is 0 Å². The summed E-state index contributed by atoms with van der Waals surface area (Å²) < 4.78 is 6.05. The maximum Gasteiger partial charge on any atom is 0.232 e. The van der Waals surface area contributed by atoms with Crippen molar-refractivity contribution in [3.8, 4) is 5.88 Å². The van der Waals surface area contributed by atoms with Crippen molar-refractivity contribution >= 4 is 0 Å². The number of ether oxygens (including phenoxy) is 1. The summed E-state index contributed by atoms with van der Waals surface area (Å²) in [7, 11) is 0. The highest BCUT2D eigenvalue weighted by atomic mass is 16.5. The van der Waals surface area contributed by atoms with E-state index in [4.69, 9.17) is 4.74 Å². The van der Waals surface area contributed by atoms with Gasteiger partial charge >= 0.3 is 0 Å². The quantitative estimate of drug-likeness (QED) is 0.901. The highest BCUT2D eigenvalue weighted by Crippen LogP contribution is 2.39. The minimum atomic E-state index is 0.262. The van der Waals surface area contributed by atoms with Crippen LogP contribution in [0.3, 0.4) is 0 Å². The molecule has 0 amide bonds. The van der Waals surface area contributed by atoms with Gasteiger partial charge in [0, 0.05) is 12.6 Å². The molecule has 0 aromatic carbocycles. The van der Waals surface area contributed by atoms with Crippen LogP contribution in [-0.4, -0.2) is 22.1 Å². The molecule has 1 saturated carbocycles. The van der Waals surface area contributed by atoms with Crippen LogP contribution in [0.25, 0.3) is 0 Å². The fraction of sp³-hybridized carbons (Fsp3) is 0.765. The first-order chi connectivity index (χ1) is 9.84. The van der Waals surface area contributed by atoms with E-state index in [0.717, 1.165) is 25.1 Å². The van der Waals surface area contributed by atoms with Crippen LogP contribution in [0, 0.1) is 11.3 Å². The first-order valence-corrected chi connectivity index (χ1v) is 8.05. The van der Waals surface area contributed by atoms with Gasteiger partial charge in [-0.1, -0.05) is 34.6 Å². The maximum atomic E-state index is 6.05. The standard InChI is InChI=1S/C17H29N3O/c1-12(2)18-9-14-10-20-16(11-19-14)21-15-6-13(3)7-17(4,5)8-15/h10-13,15,18H,6-9H2,1-5H3. The Kier molecular flexibility index (Phi) is 5.20. The highest BCUT2D eigenvalue weighted by molar-refractivity contribution is 5.08. The van der Waals surface area contributed by atoms with E-state index in [1.54, 1.807) is 6.20 Å². The number of rotatable bonds is 5. The molecule has 1 fully saturated rings. The molecule has 0 spiro atoms. The molecule has 2 unspecified atom stereocenters. The molecule has 1 aromatic rings. The van der Waals surface area contributed by atoms with Crippen LogP contribution >= 0.6 is 0 Å². The summed E-state index contributed by atoms with van der Waals surface area (Å²) in [6.07, 6.45) is 7.30. The molecule has 1 aromatic heterocycles. The Balaban J connectivity index is 1.91.